The lowest BCUT2D eigenvalue weighted by Gasteiger charge is -2.09. The molecule has 0 atom stereocenters. The smallest absolute Gasteiger partial charge is 0.120 e. The SMILES string of the molecule is CC(C)(O)C#Cc1ccc(-n2c3ccc(C#CC(C)(C)O)cc3c3cc(C#CC(C)(C)O)ccc32)cc1. The molecule has 4 aromatic rings. The Balaban J connectivity index is 1.92. The number of aromatic nitrogens is 1. The van der Waals surface area contributed by atoms with Gasteiger partial charge in [-0.15, -0.1) is 0 Å². The van der Waals surface area contributed by atoms with Crippen molar-refractivity contribution in [3.63, 3.8) is 0 Å². The van der Waals surface area contributed by atoms with Gasteiger partial charge in [-0.1, -0.05) is 35.5 Å². The molecule has 0 saturated heterocycles. The van der Waals surface area contributed by atoms with E-state index in [0.29, 0.717) is 0 Å². The molecule has 186 valence electrons. The second-order valence-corrected chi connectivity index (χ2v) is 10.8. The van der Waals surface area contributed by atoms with Crippen molar-refractivity contribution in [2.24, 2.45) is 0 Å². The quantitative estimate of drug-likeness (QED) is 0.324. The summed E-state index contributed by atoms with van der Waals surface area (Å²) in [5, 5.41) is 32.0. The summed E-state index contributed by atoms with van der Waals surface area (Å²) in [4.78, 5) is 0. The van der Waals surface area contributed by atoms with Crippen LogP contribution in [0.1, 0.15) is 58.2 Å². The molecule has 1 aromatic heterocycles. The van der Waals surface area contributed by atoms with E-state index in [0.717, 1.165) is 44.2 Å². The molecule has 0 bridgehead atoms. The molecule has 0 unspecified atom stereocenters. The van der Waals surface area contributed by atoms with Crippen LogP contribution in [0, 0.1) is 35.5 Å². The maximum absolute atomic E-state index is 10.0. The number of hydrogen-bond donors (Lipinski definition) is 3. The zero-order valence-electron chi connectivity index (χ0n) is 22.1. The Morgan fingerprint density at radius 1 is 0.514 bits per heavy atom. The minimum absolute atomic E-state index is 0.805. The first-order valence-corrected chi connectivity index (χ1v) is 12.1. The predicted molar refractivity (Wildman–Crippen MR) is 150 cm³/mol. The van der Waals surface area contributed by atoms with Crippen molar-refractivity contribution in [3.8, 4) is 41.2 Å². The largest absolute Gasteiger partial charge is 0.378 e. The van der Waals surface area contributed by atoms with Crippen LogP contribution in [0.2, 0.25) is 0 Å². The Morgan fingerprint density at radius 2 is 0.865 bits per heavy atom. The van der Waals surface area contributed by atoms with E-state index < -0.39 is 16.8 Å². The Morgan fingerprint density at radius 3 is 1.24 bits per heavy atom. The molecule has 0 aliphatic heterocycles. The van der Waals surface area contributed by atoms with E-state index in [4.69, 9.17) is 0 Å². The lowest BCUT2D eigenvalue weighted by molar-refractivity contribution is 0.143. The van der Waals surface area contributed by atoms with Crippen molar-refractivity contribution in [1.29, 1.82) is 0 Å². The zero-order chi connectivity index (χ0) is 27.0. The molecule has 1 heterocycles. The van der Waals surface area contributed by atoms with E-state index in [-0.39, 0.29) is 0 Å². The van der Waals surface area contributed by atoms with Crippen LogP contribution in [0.3, 0.4) is 0 Å². The first-order valence-electron chi connectivity index (χ1n) is 12.1. The lowest BCUT2D eigenvalue weighted by atomic mass is 10.1. The molecule has 0 spiro atoms. The van der Waals surface area contributed by atoms with Crippen LogP contribution >= 0.6 is 0 Å². The van der Waals surface area contributed by atoms with Gasteiger partial charge in [0.25, 0.3) is 0 Å². The molecule has 3 N–H and O–H groups in total. The van der Waals surface area contributed by atoms with Gasteiger partial charge in [0.05, 0.1) is 11.0 Å². The van der Waals surface area contributed by atoms with Crippen molar-refractivity contribution in [2.45, 2.75) is 58.3 Å². The van der Waals surface area contributed by atoms with Gasteiger partial charge in [0.15, 0.2) is 0 Å². The van der Waals surface area contributed by atoms with Gasteiger partial charge in [0.1, 0.15) is 16.8 Å². The Bertz CT molecular complexity index is 1580. The highest BCUT2D eigenvalue weighted by Crippen LogP contribution is 2.33. The molecule has 0 radical (unpaired) electrons. The number of nitrogens with zero attached hydrogens (tertiary/aromatic N) is 1. The van der Waals surface area contributed by atoms with Gasteiger partial charge in [0, 0.05) is 33.2 Å². The van der Waals surface area contributed by atoms with Gasteiger partial charge in [-0.25, -0.2) is 0 Å². The fourth-order valence-corrected chi connectivity index (χ4v) is 3.83. The molecule has 0 amide bonds. The molecule has 4 rings (SSSR count). The van der Waals surface area contributed by atoms with E-state index in [1.807, 2.05) is 60.7 Å². The fraction of sp³-hybridized carbons (Fsp3) is 0.273. The highest BCUT2D eigenvalue weighted by molar-refractivity contribution is 6.10. The lowest BCUT2D eigenvalue weighted by Crippen LogP contribution is -2.14. The summed E-state index contributed by atoms with van der Waals surface area (Å²) in [6, 6.07) is 19.9. The van der Waals surface area contributed by atoms with Crippen molar-refractivity contribution >= 4 is 21.8 Å². The first kappa shape index (κ1) is 26.1. The molecule has 4 nitrogen and oxygen atoms in total. The van der Waals surface area contributed by atoms with Crippen LogP contribution in [0.5, 0.6) is 0 Å². The molecule has 37 heavy (non-hydrogen) atoms. The molecular formula is C33H31NO3. The summed E-state index contributed by atoms with van der Waals surface area (Å²) in [6.07, 6.45) is 0. The van der Waals surface area contributed by atoms with Crippen LogP contribution in [0.25, 0.3) is 27.5 Å². The van der Waals surface area contributed by atoms with Gasteiger partial charge in [-0.05, 0) is 102 Å². The highest BCUT2D eigenvalue weighted by Gasteiger charge is 2.14. The van der Waals surface area contributed by atoms with Crippen LogP contribution in [0.4, 0.5) is 0 Å². The number of hydrogen-bond acceptors (Lipinski definition) is 3. The third kappa shape index (κ3) is 6.62. The third-order valence-corrected chi connectivity index (χ3v) is 5.43. The monoisotopic (exact) mass is 489 g/mol. The maximum atomic E-state index is 10.0. The van der Waals surface area contributed by atoms with Crippen LogP contribution in [0.15, 0.2) is 60.7 Å². The van der Waals surface area contributed by atoms with Crippen molar-refractivity contribution in [3.05, 3.63) is 77.4 Å². The Labute approximate surface area is 218 Å². The summed E-state index contributed by atoms with van der Waals surface area (Å²) in [6.45, 7) is 9.96. The highest BCUT2D eigenvalue weighted by atomic mass is 16.3. The summed E-state index contributed by atoms with van der Waals surface area (Å²) in [7, 11) is 0. The zero-order valence-corrected chi connectivity index (χ0v) is 22.1. The van der Waals surface area contributed by atoms with Gasteiger partial charge in [0.2, 0.25) is 0 Å². The fourth-order valence-electron chi connectivity index (χ4n) is 3.83. The van der Waals surface area contributed by atoms with Gasteiger partial charge >= 0.3 is 0 Å². The van der Waals surface area contributed by atoms with E-state index in [1.54, 1.807) is 41.5 Å². The second-order valence-electron chi connectivity index (χ2n) is 10.8. The third-order valence-electron chi connectivity index (χ3n) is 5.43. The van der Waals surface area contributed by atoms with Crippen molar-refractivity contribution in [2.75, 3.05) is 0 Å². The second kappa shape index (κ2) is 9.48. The number of benzene rings is 3. The average molecular weight is 490 g/mol. The average Bonchev–Trinajstić information content (AvgIpc) is 3.12. The minimum Gasteiger partial charge on any atom is -0.378 e. The Kier molecular flexibility index (Phi) is 6.68. The van der Waals surface area contributed by atoms with Crippen LogP contribution in [-0.4, -0.2) is 36.7 Å². The molecule has 0 saturated carbocycles. The molecule has 0 fully saturated rings. The normalized spacial score (nSPS) is 11.8. The minimum atomic E-state index is -1.08. The van der Waals surface area contributed by atoms with E-state index in [9.17, 15) is 15.3 Å². The van der Waals surface area contributed by atoms with Crippen molar-refractivity contribution in [1.82, 2.24) is 4.57 Å². The summed E-state index contributed by atoms with van der Waals surface area (Å²) >= 11 is 0. The van der Waals surface area contributed by atoms with E-state index in [2.05, 4.69) is 40.1 Å². The summed E-state index contributed by atoms with van der Waals surface area (Å²) in [5.41, 5.74) is 2.19. The van der Waals surface area contributed by atoms with Gasteiger partial charge < -0.3 is 19.9 Å². The molecule has 3 aromatic carbocycles. The number of fused-ring (bicyclic) bond motifs is 3. The number of rotatable bonds is 1. The molecular weight excluding hydrogens is 458 g/mol. The van der Waals surface area contributed by atoms with Crippen LogP contribution in [-0.2, 0) is 0 Å². The standard InChI is InChI=1S/C33H31NO3/c1-31(2,35)18-15-23-7-11-26(12-8-23)34-29-13-9-24(16-19-32(3,4)36)21-27(29)28-22-25(10-14-30(28)34)17-20-33(5,6)37/h7-14,21-22,35-37H,1-6H3. The number of aliphatic hydroxyl groups is 3. The van der Waals surface area contributed by atoms with Gasteiger partial charge in [-0.3, -0.25) is 0 Å². The predicted octanol–water partition coefficient (Wildman–Crippen LogP) is 5.15. The summed E-state index contributed by atoms with van der Waals surface area (Å²) < 4.78 is 2.18. The van der Waals surface area contributed by atoms with Gasteiger partial charge in [-0.2, -0.15) is 0 Å². The molecule has 0 aliphatic carbocycles. The first-order chi connectivity index (χ1) is 17.2. The van der Waals surface area contributed by atoms with E-state index >= 15 is 0 Å². The Hall–Kier alpha value is -3.98. The summed E-state index contributed by atoms with van der Waals surface area (Å²) in [5.74, 6) is 17.8. The van der Waals surface area contributed by atoms with Crippen LogP contribution < -0.4 is 0 Å². The van der Waals surface area contributed by atoms with E-state index in [1.165, 1.54) is 0 Å². The maximum Gasteiger partial charge on any atom is 0.120 e. The molecule has 0 aliphatic rings. The molecule has 4 heteroatoms. The van der Waals surface area contributed by atoms with Crippen molar-refractivity contribution < 1.29 is 15.3 Å². The topological polar surface area (TPSA) is 65.6 Å².